The Labute approximate surface area is 155 Å². The van der Waals surface area contributed by atoms with Crippen LogP contribution in [0.1, 0.15) is 31.2 Å². The number of hydrogen-bond donors (Lipinski definition) is 2. The minimum absolute atomic E-state index is 0.120. The van der Waals surface area contributed by atoms with Crippen LogP contribution in [0.4, 0.5) is 5.69 Å². The van der Waals surface area contributed by atoms with Crippen molar-refractivity contribution < 1.29 is 17.9 Å². The molecule has 0 radical (unpaired) electrons. The summed E-state index contributed by atoms with van der Waals surface area (Å²) in [6.07, 6.45) is 2.44. The largest absolute Gasteiger partial charge is 0.469 e. The van der Waals surface area contributed by atoms with E-state index in [-0.39, 0.29) is 22.8 Å². The second-order valence-electron chi connectivity index (χ2n) is 5.66. The Hall–Kier alpha value is -1.31. The molecule has 6 nitrogen and oxygen atoms in total. The van der Waals surface area contributed by atoms with Crippen molar-refractivity contribution in [3.05, 3.63) is 23.8 Å². The first kappa shape index (κ1) is 19.0. The summed E-state index contributed by atoms with van der Waals surface area (Å²) in [5, 5.41) is 0. The van der Waals surface area contributed by atoms with Crippen molar-refractivity contribution in [3.8, 4) is 9.85 Å². The van der Waals surface area contributed by atoms with Crippen LogP contribution in [0.3, 0.4) is 0 Å². The summed E-state index contributed by atoms with van der Waals surface area (Å²) in [6.45, 7) is 0. The second kappa shape index (κ2) is 8.18. The van der Waals surface area contributed by atoms with Gasteiger partial charge in [-0.05, 0) is 47.8 Å². The minimum Gasteiger partial charge on any atom is -0.469 e. The molecule has 1 aliphatic rings. The zero-order chi connectivity index (χ0) is 17.7. The zero-order valence-electron chi connectivity index (χ0n) is 13.2. The molecule has 2 rings (SSSR count). The molecule has 8 heteroatoms. The summed E-state index contributed by atoms with van der Waals surface area (Å²) in [6, 6.07) is 4.32. The average Bonchev–Trinajstić information content (AvgIpc) is 2.56. The maximum Gasteiger partial charge on any atom is 0.308 e. The number of ether oxygens (including phenoxy) is 1. The molecule has 24 heavy (non-hydrogen) atoms. The number of benzene rings is 1. The van der Waals surface area contributed by atoms with E-state index in [2.05, 4.69) is 14.6 Å². The Morgan fingerprint density at radius 3 is 2.54 bits per heavy atom. The molecule has 3 N–H and O–H groups in total. The van der Waals surface area contributed by atoms with Crippen molar-refractivity contribution in [3.63, 3.8) is 0 Å². The average molecular weight is 462 g/mol. The van der Waals surface area contributed by atoms with Gasteiger partial charge in [0.25, 0.3) is 0 Å². The monoisotopic (exact) mass is 462 g/mol. The van der Waals surface area contributed by atoms with Crippen LogP contribution in [0.5, 0.6) is 0 Å². The molecule has 1 saturated carbocycles. The first-order valence-corrected chi connectivity index (χ1v) is 10.0. The van der Waals surface area contributed by atoms with E-state index in [9.17, 15) is 13.2 Å². The number of hydrogen-bond acceptors (Lipinski definition) is 5. The maximum absolute atomic E-state index is 12.5. The van der Waals surface area contributed by atoms with Crippen molar-refractivity contribution in [2.75, 3.05) is 12.8 Å². The van der Waals surface area contributed by atoms with E-state index in [4.69, 9.17) is 10.5 Å². The van der Waals surface area contributed by atoms with Crippen molar-refractivity contribution in [2.24, 2.45) is 5.92 Å². The maximum atomic E-state index is 12.5. The summed E-state index contributed by atoms with van der Waals surface area (Å²) in [5.74, 6) is 2.44. The third-order valence-corrected chi connectivity index (χ3v) is 5.89. The van der Waals surface area contributed by atoms with E-state index < -0.39 is 10.0 Å². The molecular formula is C16H19IN2O4S. The topological polar surface area (TPSA) is 98.5 Å². The number of methoxy groups -OCH3 is 1. The van der Waals surface area contributed by atoms with Crippen LogP contribution in [-0.2, 0) is 19.6 Å². The molecule has 0 saturated heterocycles. The highest BCUT2D eigenvalue weighted by atomic mass is 127. The number of esters is 1. The highest BCUT2D eigenvalue weighted by molar-refractivity contribution is 14.1. The molecular weight excluding hydrogens is 443 g/mol. The third-order valence-electron chi connectivity index (χ3n) is 4.10. The van der Waals surface area contributed by atoms with Gasteiger partial charge in [0, 0.05) is 39.9 Å². The van der Waals surface area contributed by atoms with Crippen molar-refractivity contribution in [2.45, 2.75) is 36.6 Å². The molecule has 1 aromatic carbocycles. The van der Waals surface area contributed by atoms with Gasteiger partial charge >= 0.3 is 5.97 Å². The fraction of sp³-hybridized carbons (Fsp3) is 0.438. The fourth-order valence-corrected chi connectivity index (χ4v) is 4.40. The lowest BCUT2D eigenvalue weighted by Gasteiger charge is -2.27. The van der Waals surface area contributed by atoms with Crippen molar-refractivity contribution in [1.29, 1.82) is 0 Å². The zero-order valence-corrected chi connectivity index (χ0v) is 16.2. The number of halogens is 1. The number of carbonyl (C=O) groups excluding carboxylic acids is 1. The number of anilines is 1. The van der Waals surface area contributed by atoms with Crippen LogP contribution in [0.2, 0.25) is 0 Å². The van der Waals surface area contributed by atoms with Gasteiger partial charge in [-0.3, -0.25) is 4.79 Å². The van der Waals surface area contributed by atoms with Gasteiger partial charge in [-0.2, -0.15) is 0 Å². The summed E-state index contributed by atoms with van der Waals surface area (Å²) in [5.41, 5.74) is 6.78. The van der Waals surface area contributed by atoms with Crippen LogP contribution in [0.25, 0.3) is 0 Å². The number of nitrogen functional groups attached to an aromatic ring is 1. The van der Waals surface area contributed by atoms with Gasteiger partial charge in [0.2, 0.25) is 10.0 Å². The SMILES string of the molecule is COC(=O)C1CCC(NS(=O)(=O)c2ccc(C#CI)c(N)c2)CC1. The van der Waals surface area contributed by atoms with Crippen LogP contribution < -0.4 is 10.5 Å². The van der Waals surface area contributed by atoms with Gasteiger partial charge in [-0.1, -0.05) is 5.92 Å². The molecule has 0 amide bonds. The van der Waals surface area contributed by atoms with E-state index in [1.807, 2.05) is 22.6 Å². The smallest absolute Gasteiger partial charge is 0.308 e. The highest BCUT2D eigenvalue weighted by Gasteiger charge is 2.29. The van der Waals surface area contributed by atoms with E-state index in [1.54, 1.807) is 6.07 Å². The molecule has 0 atom stereocenters. The quantitative estimate of drug-likeness (QED) is 0.309. The number of carbonyl (C=O) groups is 1. The molecule has 0 bridgehead atoms. The van der Waals surface area contributed by atoms with Gasteiger partial charge in [0.15, 0.2) is 0 Å². The molecule has 1 fully saturated rings. The minimum atomic E-state index is -3.65. The molecule has 130 valence electrons. The molecule has 0 heterocycles. The number of sulfonamides is 1. The van der Waals surface area contributed by atoms with Gasteiger partial charge in [-0.15, -0.1) is 0 Å². The van der Waals surface area contributed by atoms with Gasteiger partial charge in [0.05, 0.1) is 17.9 Å². The summed E-state index contributed by atoms with van der Waals surface area (Å²) < 4.78 is 35.1. The van der Waals surface area contributed by atoms with Crippen LogP contribution >= 0.6 is 22.6 Å². The Morgan fingerprint density at radius 1 is 1.33 bits per heavy atom. The third kappa shape index (κ3) is 4.62. The second-order valence-corrected chi connectivity index (χ2v) is 7.91. The molecule has 0 unspecified atom stereocenters. The Balaban J connectivity index is 2.05. The predicted octanol–water partition coefficient (Wildman–Crippen LogP) is 2.02. The molecule has 1 aliphatic carbocycles. The summed E-state index contributed by atoms with van der Waals surface area (Å²) in [7, 11) is -2.28. The molecule has 0 spiro atoms. The lowest BCUT2D eigenvalue weighted by molar-refractivity contribution is -0.146. The first-order valence-electron chi connectivity index (χ1n) is 7.48. The summed E-state index contributed by atoms with van der Waals surface area (Å²) >= 11 is 1.90. The lowest BCUT2D eigenvalue weighted by atomic mass is 9.86. The fourth-order valence-electron chi connectivity index (χ4n) is 2.77. The standard InChI is InChI=1S/C16H19IN2O4S/c1-23-16(20)12-2-5-13(6-3-12)19-24(21,22)14-7-4-11(8-9-17)15(18)10-14/h4,7,10,12-13,19H,2-3,5-6,18H2,1H3. The Kier molecular flexibility index (Phi) is 6.48. The number of nitrogens with two attached hydrogens (primary N) is 1. The van der Waals surface area contributed by atoms with Crippen LogP contribution in [-0.4, -0.2) is 27.5 Å². The number of rotatable bonds is 4. The van der Waals surface area contributed by atoms with E-state index in [0.717, 1.165) is 0 Å². The van der Waals surface area contributed by atoms with Crippen molar-refractivity contribution in [1.82, 2.24) is 4.72 Å². The molecule has 0 aliphatic heterocycles. The van der Waals surface area contributed by atoms with Gasteiger partial charge in [-0.25, -0.2) is 13.1 Å². The Bertz CT molecular complexity index is 775. The van der Waals surface area contributed by atoms with E-state index >= 15 is 0 Å². The van der Waals surface area contributed by atoms with E-state index in [0.29, 0.717) is 36.9 Å². The van der Waals surface area contributed by atoms with Crippen molar-refractivity contribution >= 4 is 44.3 Å². The lowest BCUT2D eigenvalue weighted by Crippen LogP contribution is -2.38. The first-order chi connectivity index (χ1) is 11.4. The van der Waals surface area contributed by atoms with E-state index in [1.165, 1.54) is 19.2 Å². The highest BCUT2D eigenvalue weighted by Crippen LogP contribution is 2.27. The predicted molar refractivity (Wildman–Crippen MR) is 99.8 cm³/mol. The Morgan fingerprint density at radius 2 is 2.00 bits per heavy atom. The number of nitrogens with one attached hydrogen (secondary N) is 1. The van der Waals surface area contributed by atoms with Gasteiger partial charge in [0.1, 0.15) is 0 Å². The molecule has 0 aromatic heterocycles. The normalized spacial score (nSPS) is 20.8. The van der Waals surface area contributed by atoms with Crippen LogP contribution in [0.15, 0.2) is 23.1 Å². The molecule has 1 aromatic rings. The van der Waals surface area contributed by atoms with Crippen LogP contribution in [0, 0.1) is 15.8 Å². The summed E-state index contributed by atoms with van der Waals surface area (Å²) in [4.78, 5) is 11.6. The van der Waals surface area contributed by atoms with Gasteiger partial charge < -0.3 is 10.5 Å².